The first-order valence-electron chi connectivity index (χ1n) is 6.46. The number of benzene rings is 1. The lowest BCUT2D eigenvalue weighted by molar-refractivity contribution is 0.248. The van der Waals surface area contributed by atoms with Crippen LogP contribution >= 0.6 is 11.6 Å². The molecule has 1 fully saturated rings. The van der Waals surface area contributed by atoms with Gasteiger partial charge < -0.3 is 14.6 Å². The third-order valence-corrected chi connectivity index (χ3v) is 3.32. The number of hydrogen-bond donors (Lipinski definition) is 1. The molecule has 1 N–H and O–H groups in total. The molecule has 0 atom stereocenters. The molecule has 4 nitrogen and oxygen atoms in total. The summed E-state index contributed by atoms with van der Waals surface area (Å²) in [5, 5.41) is 7.34. The van der Waals surface area contributed by atoms with Gasteiger partial charge in [-0.15, -0.1) is 0 Å². The molecular weight excluding hydrogens is 283 g/mol. The number of hydrogen-bond acceptors (Lipinski definition) is 4. The minimum atomic E-state index is -0.466. The highest BCUT2D eigenvalue weighted by Gasteiger charge is 2.20. The molecule has 2 aromatic rings. The SMILES string of the molecule is Fc1ccc(OCc2cc(CNC3CC3)no2)cc1Cl. The Morgan fingerprint density at radius 2 is 2.25 bits per heavy atom. The lowest BCUT2D eigenvalue weighted by atomic mass is 10.3. The van der Waals surface area contributed by atoms with Crippen molar-refractivity contribution in [1.82, 2.24) is 10.5 Å². The van der Waals surface area contributed by atoms with Crippen LogP contribution in [0.2, 0.25) is 5.02 Å². The van der Waals surface area contributed by atoms with Gasteiger partial charge in [-0.25, -0.2) is 4.39 Å². The van der Waals surface area contributed by atoms with Crippen LogP contribution in [0.25, 0.3) is 0 Å². The first-order valence-corrected chi connectivity index (χ1v) is 6.84. The summed E-state index contributed by atoms with van der Waals surface area (Å²) in [6.07, 6.45) is 2.47. The van der Waals surface area contributed by atoms with Crippen molar-refractivity contribution in [2.24, 2.45) is 0 Å². The lowest BCUT2D eigenvalue weighted by Crippen LogP contribution is -2.15. The zero-order valence-electron chi connectivity index (χ0n) is 10.7. The zero-order valence-corrected chi connectivity index (χ0v) is 11.5. The monoisotopic (exact) mass is 296 g/mol. The van der Waals surface area contributed by atoms with E-state index in [1.807, 2.05) is 6.07 Å². The highest BCUT2D eigenvalue weighted by Crippen LogP contribution is 2.22. The predicted molar refractivity (Wildman–Crippen MR) is 72.1 cm³/mol. The van der Waals surface area contributed by atoms with Crippen LogP contribution in [0.4, 0.5) is 4.39 Å². The second kappa shape index (κ2) is 5.81. The predicted octanol–water partition coefficient (Wildman–Crippen LogP) is 3.30. The standard InChI is InChI=1S/C14H14ClFN2O2/c15-13-6-11(3-4-14(13)16)19-8-12-5-10(18-20-12)7-17-9-1-2-9/h3-6,9,17H,1-2,7-8H2. The van der Waals surface area contributed by atoms with Gasteiger partial charge in [-0.3, -0.25) is 0 Å². The maximum atomic E-state index is 13.0. The fraction of sp³-hybridized carbons (Fsp3) is 0.357. The number of halogens is 2. The van der Waals surface area contributed by atoms with Crippen LogP contribution in [-0.2, 0) is 13.2 Å². The zero-order chi connectivity index (χ0) is 13.9. The summed E-state index contributed by atoms with van der Waals surface area (Å²) in [5.74, 6) is 0.649. The Bertz CT molecular complexity index is 599. The number of nitrogens with one attached hydrogen (secondary N) is 1. The van der Waals surface area contributed by atoms with Crippen LogP contribution < -0.4 is 10.1 Å². The van der Waals surface area contributed by atoms with Crippen LogP contribution in [-0.4, -0.2) is 11.2 Å². The molecule has 1 aliphatic carbocycles. The van der Waals surface area contributed by atoms with E-state index in [1.165, 1.54) is 31.0 Å². The largest absolute Gasteiger partial charge is 0.485 e. The smallest absolute Gasteiger partial charge is 0.174 e. The molecule has 1 heterocycles. The second-order valence-electron chi connectivity index (χ2n) is 4.80. The van der Waals surface area contributed by atoms with Crippen molar-refractivity contribution in [3.05, 3.63) is 46.6 Å². The van der Waals surface area contributed by atoms with Gasteiger partial charge in [0.2, 0.25) is 0 Å². The Morgan fingerprint density at radius 3 is 3.00 bits per heavy atom. The number of ether oxygens (including phenoxy) is 1. The van der Waals surface area contributed by atoms with E-state index < -0.39 is 5.82 Å². The molecule has 1 aromatic heterocycles. The van der Waals surface area contributed by atoms with Gasteiger partial charge in [0.1, 0.15) is 18.2 Å². The third-order valence-electron chi connectivity index (χ3n) is 3.03. The molecule has 3 rings (SSSR count). The minimum absolute atomic E-state index is 0.0365. The third kappa shape index (κ3) is 3.49. The average Bonchev–Trinajstić information content (AvgIpc) is 3.16. The van der Waals surface area contributed by atoms with Crippen molar-refractivity contribution in [2.75, 3.05) is 0 Å². The van der Waals surface area contributed by atoms with E-state index >= 15 is 0 Å². The molecule has 0 aliphatic heterocycles. The normalized spacial score (nSPS) is 14.5. The molecule has 1 saturated carbocycles. The van der Waals surface area contributed by atoms with Gasteiger partial charge in [0, 0.05) is 24.7 Å². The van der Waals surface area contributed by atoms with Crippen molar-refractivity contribution in [3.63, 3.8) is 0 Å². The first kappa shape index (κ1) is 13.4. The topological polar surface area (TPSA) is 47.3 Å². The number of aromatic nitrogens is 1. The summed E-state index contributed by atoms with van der Waals surface area (Å²) in [6, 6.07) is 6.70. The summed E-state index contributed by atoms with van der Waals surface area (Å²) >= 11 is 5.68. The Labute approximate surface area is 120 Å². The van der Waals surface area contributed by atoms with Crippen LogP contribution in [0.5, 0.6) is 5.75 Å². The number of rotatable bonds is 6. The second-order valence-corrected chi connectivity index (χ2v) is 5.21. The van der Waals surface area contributed by atoms with E-state index in [0.29, 0.717) is 24.1 Å². The van der Waals surface area contributed by atoms with Crippen molar-refractivity contribution >= 4 is 11.6 Å². The van der Waals surface area contributed by atoms with Gasteiger partial charge in [0.15, 0.2) is 5.76 Å². The minimum Gasteiger partial charge on any atom is -0.485 e. The summed E-state index contributed by atoms with van der Waals surface area (Å²) in [7, 11) is 0. The average molecular weight is 297 g/mol. The van der Waals surface area contributed by atoms with E-state index in [2.05, 4.69) is 10.5 Å². The molecule has 0 bridgehead atoms. The van der Waals surface area contributed by atoms with Crippen molar-refractivity contribution in [2.45, 2.75) is 32.0 Å². The molecule has 0 spiro atoms. The van der Waals surface area contributed by atoms with E-state index in [1.54, 1.807) is 0 Å². The van der Waals surface area contributed by atoms with E-state index in [9.17, 15) is 4.39 Å². The van der Waals surface area contributed by atoms with Gasteiger partial charge in [-0.2, -0.15) is 0 Å². The van der Waals surface area contributed by atoms with Crippen molar-refractivity contribution in [3.8, 4) is 5.75 Å². The van der Waals surface area contributed by atoms with Crippen LogP contribution in [0.3, 0.4) is 0 Å². The molecule has 0 amide bonds. The fourth-order valence-electron chi connectivity index (χ4n) is 1.76. The van der Waals surface area contributed by atoms with Gasteiger partial charge in [-0.1, -0.05) is 16.8 Å². The van der Waals surface area contributed by atoms with Crippen LogP contribution in [0, 0.1) is 5.82 Å². The lowest BCUT2D eigenvalue weighted by Gasteiger charge is -2.04. The summed E-state index contributed by atoms with van der Waals surface area (Å²) in [5.41, 5.74) is 0.854. The Morgan fingerprint density at radius 1 is 1.40 bits per heavy atom. The summed E-state index contributed by atoms with van der Waals surface area (Å²) < 4.78 is 23.6. The first-order chi connectivity index (χ1) is 9.70. The van der Waals surface area contributed by atoms with Gasteiger partial charge >= 0.3 is 0 Å². The maximum absolute atomic E-state index is 13.0. The number of nitrogens with zero attached hydrogens (tertiary/aromatic N) is 1. The van der Waals surface area contributed by atoms with E-state index in [4.69, 9.17) is 20.9 Å². The highest BCUT2D eigenvalue weighted by molar-refractivity contribution is 6.30. The van der Waals surface area contributed by atoms with Gasteiger partial charge in [0.05, 0.1) is 10.7 Å². The van der Waals surface area contributed by atoms with Crippen LogP contribution in [0.15, 0.2) is 28.8 Å². The molecule has 20 heavy (non-hydrogen) atoms. The Hall–Kier alpha value is -1.59. The van der Waals surface area contributed by atoms with Crippen molar-refractivity contribution < 1.29 is 13.7 Å². The molecule has 1 aromatic carbocycles. The Balaban J connectivity index is 1.53. The van der Waals surface area contributed by atoms with Crippen LogP contribution in [0.1, 0.15) is 24.3 Å². The van der Waals surface area contributed by atoms with E-state index in [0.717, 1.165) is 5.69 Å². The molecule has 1 aliphatic rings. The van der Waals surface area contributed by atoms with Crippen molar-refractivity contribution in [1.29, 1.82) is 0 Å². The molecular formula is C14H14ClFN2O2. The highest BCUT2D eigenvalue weighted by atomic mass is 35.5. The van der Waals surface area contributed by atoms with Gasteiger partial charge in [0.25, 0.3) is 0 Å². The maximum Gasteiger partial charge on any atom is 0.174 e. The Kier molecular flexibility index (Phi) is 3.89. The summed E-state index contributed by atoms with van der Waals surface area (Å²) in [4.78, 5) is 0. The molecule has 0 unspecified atom stereocenters. The van der Waals surface area contributed by atoms with Gasteiger partial charge in [-0.05, 0) is 25.0 Å². The quantitative estimate of drug-likeness (QED) is 0.888. The summed E-state index contributed by atoms with van der Waals surface area (Å²) in [6.45, 7) is 0.939. The molecule has 0 saturated heterocycles. The molecule has 106 valence electrons. The fourth-order valence-corrected chi connectivity index (χ4v) is 1.94. The van der Waals surface area contributed by atoms with E-state index in [-0.39, 0.29) is 11.6 Å². The molecule has 6 heteroatoms. The molecule has 0 radical (unpaired) electrons.